The van der Waals surface area contributed by atoms with E-state index >= 15 is 0 Å². The molecule has 0 spiro atoms. The molecule has 0 unspecified atom stereocenters. The largest absolute Gasteiger partial charge is 0.497 e. The normalized spacial score (nSPS) is 15.5. The molecular weight excluding hydrogens is 507 g/mol. The van der Waals surface area contributed by atoms with Gasteiger partial charge in [0.05, 0.1) is 7.11 Å². The first kappa shape index (κ1) is 24.9. The molecule has 2 aromatic rings. The van der Waals surface area contributed by atoms with Crippen molar-refractivity contribution < 1.29 is 4.74 Å². The van der Waals surface area contributed by atoms with Crippen molar-refractivity contribution in [1.82, 2.24) is 15.5 Å². The van der Waals surface area contributed by atoms with Crippen molar-refractivity contribution >= 4 is 41.3 Å². The summed E-state index contributed by atoms with van der Waals surface area (Å²) in [6.45, 7) is 8.24. The van der Waals surface area contributed by atoms with Gasteiger partial charge in [0.2, 0.25) is 0 Å². The maximum Gasteiger partial charge on any atom is 0.191 e. The lowest BCUT2D eigenvalue weighted by molar-refractivity contribution is 0.182. The van der Waals surface area contributed by atoms with Crippen LogP contribution in [0, 0.1) is 5.92 Å². The number of piperidine rings is 1. The Balaban J connectivity index is 0.00000320. The predicted octanol–water partition coefficient (Wildman–Crippen LogP) is 4.38. The lowest BCUT2D eigenvalue weighted by atomic mass is 9.97. The van der Waals surface area contributed by atoms with Crippen molar-refractivity contribution in [1.29, 1.82) is 0 Å². The quantitative estimate of drug-likeness (QED) is 0.281. The third-order valence-electron chi connectivity index (χ3n) is 5.38. The van der Waals surface area contributed by atoms with E-state index in [0.717, 1.165) is 44.3 Å². The highest BCUT2D eigenvalue weighted by Crippen LogP contribution is 2.20. The molecule has 3 rings (SSSR count). The number of thiophene rings is 1. The Morgan fingerprint density at radius 1 is 1.17 bits per heavy atom. The van der Waals surface area contributed by atoms with E-state index in [1.807, 2.05) is 23.5 Å². The van der Waals surface area contributed by atoms with E-state index in [0.29, 0.717) is 5.92 Å². The summed E-state index contributed by atoms with van der Waals surface area (Å²) < 4.78 is 5.22. The fourth-order valence-corrected chi connectivity index (χ4v) is 4.38. The van der Waals surface area contributed by atoms with Crippen LogP contribution in [-0.4, -0.2) is 50.7 Å². The molecule has 2 heterocycles. The summed E-state index contributed by atoms with van der Waals surface area (Å²) in [5.41, 5.74) is 1.30. The summed E-state index contributed by atoms with van der Waals surface area (Å²) in [5, 5.41) is 9.02. The van der Waals surface area contributed by atoms with E-state index in [-0.39, 0.29) is 24.0 Å². The molecule has 1 aromatic carbocycles. The van der Waals surface area contributed by atoms with Gasteiger partial charge in [0.1, 0.15) is 5.75 Å². The van der Waals surface area contributed by atoms with E-state index in [4.69, 9.17) is 9.73 Å². The lowest BCUT2D eigenvalue weighted by Crippen LogP contribution is -2.39. The summed E-state index contributed by atoms with van der Waals surface area (Å²) in [6, 6.07) is 12.6. The van der Waals surface area contributed by atoms with E-state index in [1.54, 1.807) is 7.11 Å². The molecule has 1 fully saturated rings. The average Bonchev–Trinajstić information content (AvgIpc) is 3.26. The highest BCUT2D eigenvalue weighted by atomic mass is 127. The fourth-order valence-electron chi connectivity index (χ4n) is 3.63. The molecule has 1 saturated heterocycles. The van der Waals surface area contributed by atoms with Crippen LogP contribution in [-0.2, 0) is 13.0 Å². The fraction of sp³-hybridized carbons (Fsp3) is 0.522. The van der Waals surface area contributed by atoms with E-state index < -0.39 is 0 Å². The Bertz CT molecular complexity index is 728. The molecule has 0 saturated carbocycles. The van der Waals surface area contributed by atoms with Crippen molar-refractivity contribution in [2.24, 2.45) is 10.9 Å². The van der Waals surface area contributed by atoms with Gasteiger partial charge in [-0.15, -0.1) is 35.3 Å². The summed E-state index contributed by atoms with van der Waals surface area (Å²) in [4.78, 5) is 8.90. The number of benzene rings is 1. The minimum Gasteiger partial charge on any atom is -0.497 e. The highest BCUT2D eigenvalue weighted by molar-refractivity contribution is 14.0. The van der Waals surface area contributed by atoms with Crippen LogP contribution >= 0.6 is 35.3 Å². The smallest absolute Gasteiger partial charge is 0.191 e. The monoisotopic (exact) mass is 542 g/mol. The molecular formula is C23H35IN4OS. The number of hydrogen-bond donors (Lipinski definition) is 2. The summed E-state index contributed by atoms with van der Waals surface area (Å²) in [6.07, 6.45) is 3.44. The van der Waals surface area contributed by atoms with Gasteiger partial charge in [-0.1, -0.05) is 18.2 Å². The molecule has 166 valence electrons. The van der Waals surface area contributed by atoms with Crippen LogP contribution in [0.4, 0.5) is 0 Å². The number of halogens is 1. The van der Waals surface area contributed by atoms with Crippen molar-refractivity contribution in [2.45, 2.75) is 32.7 Å². The van der Waals surface area contributed by atoms with Crippen LogP contribution in [0.1, 0.15) is 30.2 Å². The van der Waals surface area contributed by atoms with Crippen LogP contribution in [0.3, 0.4) is 0 Å². The predicted molar refractivity (Wildman–Crippen MR) is 138 cm³/mol. The minimum absolute atomic E-state index is 0. The van der Waals surface area contributed by atoms with Crippen LogP contribution in [0.2, 0.25) is 0 Å². The van der Waals surface area contributed by atoms with Gasteiger partial charge in [0.25, 0.3) is 0 Å². The van der Waals surface area contributed by atoms with Crippen LogP contribution in [0.5, 0.6) is 5.75 Å². The van der Waals surface area contributed by atoms with Crippen LogP contribution in [0.15, 0.2) is 46.8 Å². The van der Waals surface area contributed by atoms with Crippen molar-refractivity contribution in [3.63, 3.8) is 0 Å². The molecule has 0 radical (unpaired) electrons. The SMILES string of the molecule is CCNC(=NCC1CCN(Cc2cccs2)CC1)NCCc1ccc(OC)cc1.I. The molecule has 0 amide bonds. The molecule has 0 bridgehead atoms. The van der Waals surface area contributed by atoms with Gasteiger partial charge < -0.3 is 15.4 Å². The summed E-state index contributed by atoms with van der Waals surface area (Å²) in [5.74, 6) is 2.52. The van der Waals surface area contributed by atoms with E-state index in [9.17, 15) is 0 Å². The number of ether oxygens (including phenoxy) is 1. The summed E-state index contributed by atoms with van der Waals surface area (Å²) in [7, 11) is 1.70. The third kappa shape index (κ3) is 8.43. The molecule has 2 N–H and O–H groups in total. The highest BCUT2D eigenvalue weighted by Gasteiger charge is 2.19. The molecule has 5 nitrogen and oxygen atoms in total. The summed E-state index contributed by atoms with van der Waals surface area (Å²) >= 11 is 1.86. The molecule has 30 heavy (non-hydrogen) atoms. The van der Waals surface area contributed by atoms with Gasteiger partial charge in [0.15, 0.2) is 5.96 Å². The number of likely N-dealkylation sites (tertiary alicyclic amines) is 1. The van der Waals surface area contributed by atoms with Crippen LogP contribution in [0.25, 0.3) is 0 Å². The average molecular weight is 543 g/mol. The van der Waals surface area contributed by atoms with E-state index in [1.165, 1.54) is 36.4 Å². The molecule has 1 aliphatic rings. The first-order valence-electron chi connectivity index (χ1n) is 10.7. The Kier molecular flexibility index (Phi) is 11.5. The van der Waals surface area contributed by atoms with Crippen LogP contribution < -0.4 is 15.4 Å². The van der Waals surface area contributed by atoms with Gasteiger partial charge in [-0.3, -0.25) is 9.89 Å². The standard InChI is InChI=1S/C23H34N4OS.HI/c1-3-24-23(25-13-10-19-6-8-21(28-2)9-7-19)26-17-20-11-14-27(15-12-20)18-22-5-4-16-29-22;/h4-9,16,20H,3,10-15,17-18H2,1-2H3,(H2,24,25,26);1H. The number of nitrogens with zero attached hydrogens (tertiary/aromatic N) is 2. The Labute approximate surface area is 202 Å². The molecule has 1 aromatic heterocycles. The Morgan fingerprint density at radius 2 is 1.93 bits per heavy atom. The zero-order valence-corrected chi connectivity index (χ0v) is 21.2. The van der Waals surface area contributed by atoms with Crippen molar-refractivity contribution in [3.05, 3.63) is 52.2 Å². The Morgan fingerprint density at radius 3 is 2.57 bits per heavy atom. The second-order valence-electron chi connectivity index (χ2n) is 7.54. The van der Waals surface area contributed by atoms with Gasteiger partial charge >= 0.3 is 0 Å². The molecule has 0 atom stereocenters. The van der Waals surface area contributed by atoms with Crippen molar-refractivity contribution in [2.75, 3.05) is 39.8 Å². The number of nitrogens with one attached hydrogen (secondary N) is 2. The molecule has 0 aliphatic carbocycles. The number of guanidine groups is 1. The number of methoxy groups -OCH3 is 1. The second-order valence-corrected chi connectivity index (χ2v) is 8.58. The third-order valence-corrected chi connectivity index (χ3v) is 6.24. The van der Waals surface area contributed by atoms with Gasteiger partial charge in [-0.2, -0.15) is 0 Å². The molecule has 1 aliphatic heterocycles. The van der Waals surface area contributed by atoms with Gasteiger partial charge in [-0.05, 0) is 74.3 Å². The maximum absolute atomic E-state index is 5.22. The first-order chi connectivity index (χ1) is 14.3. The number of rotatable bonds is 9. The topological polar surface area (TPSA) is 48.9 Å². The number of hydrogen-bond acceptors (Lipinski definition) is 4. The molecule has 7 heteroatoms. The maximum atomic E-state index is 5.22. The van der Waals surface area contributed by atoms with Crippen molar-refractivity contribution in [3.8, 4) is 5.75 Å². The van der Waals surface area contributed by atoms with Gasteiger partial charge in [-0.25, -0.2) is 0 Å². The zero-order valence-electron chi connectivity index (χ0n) is 18.1. The van der Waals surface area contributed by atoms with Gasteiger partial charge in [0, 0.05) is 31.1 Å². The Hall–Kier alpha value is -1.32. The lowest BCUT2D eigenvalue weighted by Gasteiger charge is -2.31. The number of aliphatic imine (C=N–C) groups is 1. The first-order valence-corrected chi connectivity index (χ1v) is 11.5. The zero-order chi connectivity index (χ0) is 20.3. The minimum atomic E-state index is 0. The second kappa shape index (κ2) is 13.9. The van der Waals surface area contributed by atoms with E-state index in [2.05, 4.69) is 52.1 Å².